The van der Waals surface area contributed by atoms with Crippen LogP contribution in [-0.2, 0) is 14.6 Å². The quantitative estimate of drug-likeness (QED) is 0.612. The van der Waals surface area contributed by atoms with Gasteiger partial charge in [0, 0.05) is 32.0 Å². The fraction of sp³-hybridized carbons (Fsp3) is 0.889. The van der Waals surface area contributed by atoms with Crippen molar-refractivity contribution in [2.24, 2.45) is 0 Å². The van der Waals surface area contributed by atoms with Gasteiger partial charge in [-0.1, -0.05) is 0 Å². The SMILES string of the molecule is O=C1CCN(C2CCS(=O)(=O)C2)CC1. The van der Waals surface area contributed by atoms with Crippen LogP contribution in [0.2, 0.25) is 0 Å². The molecule has 1 atom stereocenters. The molecule has 0 aliphatic carbocycles. The van der Waals surface area contributed by atoms with Crippen molar-refractivity contribution in [1.82, 2.24) is 4.90 Å². The van der Waals surface area contributed by atoms with Crippen molar-refractivity contribution in [2.45, 2.75) is 25.3 Å². The van der Waals surface area contributed by atoms with E-state index in [0.717, 1.165) is 19.5 Å². The predicted molar refractivity (Wildman–Crippen MR) is 52.9 cm³/mol. The van der Waals surface area contributed by atoms with Crippen molar-refractivity contribution in [3.8, 4) is 0 Å². The molecule has 2 aliphatic rings. The summed E-state index contributed by atoms with van der Waals surface area (Å²) in [7, 11) is -2.78. The lowest BCUT2D eigenvalue weighted by molar-refractivity contribution is -0.121. The average molecular weight is 217 g/mol. The Kier molecular flexibility index (Phi) is 2.62. The summed E-state index contributed by atoms with van der Waals surface area (Å²) in [6, 6.07) is 0.174. The Hall–Kier alpha value is -0.420. The fourth-order valence-electron chi connectivity index (χ4n) is 2.20. The molecular weight excluding hydrogens is 202 g/mol. The van der Waals surface area contributed by atoms with Crippen molar-refractivity contribution >= 4 is 15.6 Å². The zero-order valence-corrected chi connectivity index (χ0v) is 8.92. The van der Waals surface area contributed by atoms with E-state index in [4.69, 9.17) is 0 Å². The van der Waals surface area contributed by atoms with Gasteiger partial charge in [-0.25, -0.2) is 8.42 Å². The van der Waals surface area contributed by atoms with Crippen LogP contribution in [0.1, 0.15) is 19.3 Å². The highest BCUT2D eigenvalue weighted by molar-refractivity contribution is 7.91. The predicted octanol–water partition coefficient (Wildman–Crippen LogP) is -0.162. The van der Waals surface area contributed by atoms with Crippen LogP contribution >= 0.6 is 0 Å². The molecule has 0 bridgehead atoms. The number of nitrogens with zero attached hydrogens (tertiary/aromatic N) is 1. The smallest absolute Gasteiger partial charge is 0.151 e. The van der Waals surface area contributed by atoms with Gasteiger partial charge in [0.2, 0.25) is 0 Å². The maximum Gasteiger partial charge on any atom is 0.151 e. The van der Waals surface area contributed by atoms with Crippen LogP contribution in [0.3, 0.4) is 0 Å². The molecular formula is C9H15NO3S. The van der Waals surface area contributed by atoms with E-state index in [-0.39, 0.29) is 6.04 Å². The first kappa shape index (κ1) is 10.1. The topological polar surface area (TPSA) is 54.5 Å². The third kappa shape index (κ3) is 2.15. The molecule has 2 saturated heterocycles. The van der Waals surface area contributed by atoms with E-state index in [1.807, 2.05) is 0 Å². The van der Waals surface area contributed by atoms with Gasteiger partial charge in [0.1, 0.15) is 5.78 Å². The molecule has 0 amide bonds. The van der Waals surface area contributed by atoms with Crippen molar-refractivity contribution < 1.29 is 13.2 Å². The molecule has 0 spiro atoms. The highest BCUT2D eigenvalue weighted by Crippen LogP contribution is 2.20. The summed E-state index contributed by atoms with van der Waals surface area (Å²) in [4.78, 5) is 13.2. The summed E-state index contributed by atoms with van der Waals surface area (Å²) in [5.41, 5.74) is 0. The Morgan fingerprint density at radius 2 is 1.86 bits per heavy atom. The Bertz CT molecular complexity index is 326. The summed E-state index contributed by atoms with van der Waals surface area (Å²) >= 11 is 0. The summed E-state index contributed by atoms with van der Waals surface area (Å²) in [5.74, 6) is 0.922. The van der Waals surface area contributed by atoms with Gasteiger partial charge in [-0.05, 0) is 6.42 Å². The van der Waals surface area contributed by atoms with Gasteiger partial charge in [-0.2, -0.15) is 0 Å². The molecule has 4 nitrogen and oxygen atoms in total. The van der Waals surface area contributed by atoms with Crippen molar-refractivity contribution in [1.29, 1.82) is 0 Å². The molecule has 0 aromatic carbocycles. The maximum atomic E-state index is 11.3. The van der Waals surface area contributed by atoms with Crippen LogP contribution in [0, 0.1) is 0 Å². The molecule has 0 aromatic rings. The first-order chi connectivity index (χ1) is 6.57. The standard InChI is InChI=1S/C9H15NO3S/c11-9-1-4-10(5-2-9)8-3-6-14(12,13)7-8/h8H,1-7H2. The van der Waals surface area contributed by atoms with E-state index in [1.165, 1.54) is 0 Å². The Balaban J connectivity index is 1.94. The van der Waals surface area contributed by atoms with Crippen molar-refractivity contribution in [3.05, 3.63) is 0 Å². The lowest BCUT2D eigenvalue weighted by Crippen LogP contribution is -2.42. The number of Topliss-reactive ketones (excluding diaryl/α,β-unsaturated/α-hetero) is 1. The maximum absolute atomic E-state index is 11.3. The van der Waals surface area contributed by atoms with E-state index in [9.17, 15) is 13.2 Å². The highest BCUT2D eigenvalue weighted by Gasteiger charge is 2.33. The van der Waals surface area contributed by atoms with E-state index in [2.05, 4.69) is 4.90 Å². The van der Waals surface area contributed by atoms with Gasteiger partial charge >= 0.3 is 0 Å². The van der Waals surface area contributed by atoms with E-state index in [0.29, 0.717) is 30.1 Å². The second-order valence-corrected chi connectivity index (χ2v) is 6.36. The second kappa shape index (κ2) is 3.62. The number of piperidine rings is 1. The number of carbonyl (C=O) groups is 1. The molecule has 2 rings (SSSR count). The number of carbonyl (C=O) groups excluding carboxylic acids is 1. The lowest BCUT2D eigenvalue weighted by Gasteiger charge is -2.30. The molecule has 2 fully saturated rings. The summed E-state index contributed by atoms with van der Waals surface area (Å²) in [6.45, 7) is 1.50. The van der Waals surface area contributed by atoms with Gasteiger partial charge in [0.25, 0.3) is 0 Å². The number of hydrogen-bond donors (Lipinski definition) is 0. The van der Waals surface area contributed by atoms with E-state index >= 15 is 0 Å². The number of rotatable bonds is 1. The van der Waals surface area contributed by atoms with E-state index < -0.39 is 9.84 Å². The first-order valence-electron chi connectivity index (χ1n) is 5.03. The monoisotopic (exact) mass is 217 g/mol. The third-order valence-corrected chi connectivity index (χ3v) is 4.83. The van der Waals surface area contributed by atoms with Gasteiger partial charge in [-0.15, -0.1) is 0 Å². The Morgan fingerprint density at radius 3 is 2.36 bits per heavy atom. The highest BCUT2D eigenvalue weighted by atomic mass is 32.2. The van der Waals surface area contributed by atoms with Crippen LogP contribution in [0.4, 0.5) is 0 Å². The minimum atomic E-state index is -2.78. The number of ketones is 1. The summed E-state index contributed by atoms with van der Waals surface area (Å²) in [6.07, 6.45) is 1.93. The largest absolute Gasteiger partial charge is 0.300 e. The minimum Gasteiger partial charge on any atom is -0.300 e. The first-order valence-corrected chi connectivity index (χ1v) is 6.85. The second-order valence-electron chi connectivity index (χ2n) is 4.13. The lowest BCUT2D eigenvalue weighted by atomic mass is 10.1. The summed E-state index contributed by atoms with van der Waals surface area (Å²) in [5, 5.41) is 0. The molecule has 0 aromatic heterocycles. The minimum absolute atomic E-state index is 0.174. The molecule has 14 heavy (non-hydrogen) atoms. The number of sulfone groups is 1. The molecule has 2 aliphatic heterocycles. The van der Waals surface area contributed by atoms with Crippen LogP contribution in [-0.4, -0.2) is 49.7 Å². The molecule has 1 unspecified atom stereocenters. The van der Waals surface area contributed by atoms with Gasteiger partial charge in [0.15, 0.2) is 9.84 Å². The summed E-state index contributed by atoms with van der Waals surface area (Å²) < 4.78 is 22.5. The average Bonchev–Trinajstić information content (AvgIpc) is 2.47. The fourth-order valence-corrected chi connectivity index (χ4v) is 3.96. The Morgan fingerprint density at radius 1 is 1.21 bits per heavy atom. The van der Waals surface area contributed by atoms with Crippen LogP contribution < -0.4 is 0 Å². The zero-order valence-electron chi connectivity index (χ0n) is 8.11. The van der Waals surface area contributed by atoms with Crippen molar-refractivity contribution in [3.63, 3.8) is 0 Å². The molecule has 0 radical (unpaired) electrons. The molecule has 0 N–H and O–H groups in total. The van der Waals surface area contributed by atoms with Gasteiger partial charge in [-0.3, -0.25) is 9.69 Å². The van der Waals surface area contributed by atoms with E-state index in [1.54, 1.807) is 0 Å². The van der Waals surface area contributed by atoms with Crippen molar-refractivity contribution in [2.75, 3.05) is 24.6 Å². The van der Waals surface area contributed by atoms with Crippen LogP contribution in [0.5, 0.6) is 0 Å². The normalized spacial score (nSPS) is 33.4. The Labute approximate surface area is 84.2 Å². The third-order valence-electron chi connectivity index (χ3n) is 3.08. The van der Waals surface area contributed by atoms with Gasteiger partial charge < -0.3 is 0 Å². The molecule has 0 saturated carbocycles. The van der Waals surface area contributed by atoms with Crippen LogP contribution in [0.15, 0.2) is 0 Å². The number of hydrogen-bond acceptors (Lipinski definition) is 4. The molecule has 2 heterocycles. The van der Waals surface area contributed by atoms with Gasteiger partial charge in [0.05, 0.1) is 11.5 Å². The molecule has 80 valence electrons. The zero-order chi connectivity index (χ0) is 10.2. The molecule has 5 heteroatoms. The van der Waals surface area contributed by atoms with Crippen LogP contribution in [0.25, 0.3) is 0 Å². The number of likely N-dealkylation sites (tertiary alicyclic amines) is 1.